The fourth-order valence-corrected chi connectivity index (χ4v) is 6.61. The van der Waals surface area contributed by atoms with Crippen molar-refractivity contribution in [3.8, 4) is 33.4 Å². The average Bonchev–Trinajstić information content (AvgIpc) is 3.34. The molecule has 0 atom stereocenters. The third kappa shape index (κ3) is 4.53. The second-order valence-corrected chi connectivity index (χ2v) is 11.4. The summed E-state index contributed by atoms with van der Waals surface area (Å²) >= 11 is 7.85. The molecule has 1 aromatic heterocycles. The summed E-state index contributed by atoms with van der Waals surface area (Å²) in [5.74, 6) is 0. The maximum atomic E-state index is 13.4. The Morgan fingerprint density at radius 3 is 1.75 bits per heavy atom. The molecular weight excluding hydrogens is 545 g/mol. The number of rotatable bonds is 3. The fraction of sp³-hybridized carbons (Fsp3) is 0.0286. The smallest absolute Gasteiger partial charge is 0.166 e. The van der Waals surface area contributed by atoms with Gasteiger partial charge >= 0.3 is 6.18 Å². The van der Waals surface area contributed by atoms with E-state index < -0.39 is 11.7 Å². The highest BCUT2D eigenvalue weighted by molar-refractivity contribution is 7.25. The quantitative estimate of drug-likeness (QED) is 0.200. The van der Waals surface area contributed by atoms with E-state index in [0.717, 1.165) is 39.6 Å². The lowest BCUT2D eigenvalue weighted by Crippen LogP contribution is -2.04. The lowest BCUT2D eigenvalue weighted by molar-refractivity contribution is -0.137. The van der Waals surface area contributed by atoms with E-state index in [9.17, 15) is 13.2 Å². The lowest BCUT2D eigenvalue weighted by atomic mass is 9.95. The van der Waals surface area contributed by atoms with Crippen LogP contribution in [0.3, 0.4) is 0 Å². The van der Waals surface area contributed by atoms with Crippen molar-refractivity contribution in [1.29, 1.82) is 0 Å². The molecule has 0 N–H and O–H groups in total. The molecule has 0 aliphatic rings. The van der Waals surface area contributed by atoms with Crippen LogP contribution < -0.4 is 0 Å². The molecule has 1 heterocycles. The number of alkyl halides is 3. The summed E-state index contributed by atoms with van der Waals surface area (Å²) in [7, 11) is 0. The molecule has 0 fully saturated rings. The summed E-state index contributed by atoms with van der Waals surface area (Å²) in [4.78, 5) is 0. The second-order valence-electron chi connectivity index (χ2n) is 9.89. The Kier molecular flexibility index (Phi) is 5.92. The van der Waals surface area contributed by atoms with Crippen LogP contribution in [0.25, 0.3) is 64.3 Å². The van der Waals surface area contributed by atoms with Crippen LogP contribution >= 0.6 is 22.9 Å². The van der Waals surface area contributed by atoms with Crippen molar-refractivity contribution >= 4 is 53.9 Å². The van der Waals surface area contributed by atoms with Gasteiger partial charge in [0, 0.05) is 25.2 Å². The average molecular weight is 565 g/mol. The number of benzene rings is 6. The highest BCUT2D eigenvalue weighted by atomic mass is 35.5. The number of halogens is 4. The van der Waals surface area contributed by atoms with E-state index in [1.54, 1.807) is 6.07 Å². The molecule has 0 amide bonds. The fourth-order valence-electron chi connectivity index (χ4n) is 5.29. The number of thiophene rings is 1. The first-order chi connectivity index (χ1) is 19.3. The zero-order chi connectivity index (χ0) is 27.4. The van der Waals surface area contributed by atoms with Crippen molar-refractivity contribution in [3.63, 3.8) is 0 Å². The van der Waals surface area contributed by atoms with Crippen LogP contribution in [0.5, 0.6) is 0 Å². The first-order valence-corrected chi connectivity index (χ1v) is 14.0. The lowest BCUT2D eigenvalue weighted by Gasteiger charge is -2.11. The Morgan fingerprint density at radius 2 is 1.05 bits per heavy atom. The molecule has 7 aromatic rings. The van der Waals surface area contributed by atoms with Gasteiger partial charge in [-0.3, -0.25) is 0 Å². The molecule has 0 bridgehead atoms. The van der Waals surface area contributed by atoms with Gasteiger partial charge in [0.25, 0.3) is 0 Å². The number of fused-ring (bicyclic) bond motifs is 4. The Bertz CT molecular complexity index is 2050. The maximum Gasteiger partial charge on any atom is 0.416 e. The first-order valence-electron chi connectivity index (χ1n) is 12.8. The van der Waals surface area contributed by atoms with Gasteiger partial charge in [0.15, 0.2) is 0 Å². The number of hydrogen-bond donors (Lipinski definition) is 0. The summed E-state index contributed by atoms with van der Waals surface area (Å²) in [6, 6.07) is 39.1. The van der Waals surface area contributed by atoms with Crippen LogP contribution in [0, 0.1) is 0 Å². The molecule has 0 aliphatic heterocycles. The van der Waals surface area contributed by atoms with Gasteiger partial charge in [0.1, 0.15) is 0 Å². The van der Waals surface area contributed by atoms with E-state index in [1.165, 1.54) is 25.7 Å². The Morgan fingerprint density at radius 1 is 0.475 bits per heavy atom. The molecular formula is C35H20ClF3S. The molecule has 0 unspecified atom stereocenters. The van der Waals surface area contributed by atoms with Crippen molar-refractivity contribution in [1.82, 2.24) is 0 Å². The topological polar surface area (TPSA) is 0 Å². The summed E-state index contributed by atoms with van der Waals surface area (Å²) in [5.41, 5.74) is 4.79. The third-order valence-corrected chi connectivity index (χ3v) is 8.70. The molecule has 0 radical (unpaired) electrons. The van der Waals surface area contributed by atoms with Crippen molar-refractivity contribution in [2.24, 2.45) is 0 Å². The van der Waals surface area contributed by atoms with Gasteiger partial charge in [0.2, 0.25) is 0 Å². The molecule has 0 saturated heterocycles. The Balaban J connectivity index is 1.23. The van der Waals surface area contributed by atoms with Gasteiger partial charge in [-0.2, -0.15) is 13.2 Å². The van der Waals surface area contributed by atoms with E-state index in [0.29, 0.717) is 11.1 Å². The molecule has 0 aliphatic carbocycles. The monoisotopic (exact) mass is 564 g/mol. The summed E-state index contributed by atoms with van der Waals surface area (Å²) in [5, 5.41) is 4.57. The number of hydrogen-bond acceptors (Lipinski definition) is 1. The van der Waals surface area contributed by atoms with Crippen molar-refractivity contribution in [2.45, 2.75) is 6.18 Å². The van der Waals surface area contributed by atoms with Crippen molar-refractivity contribution in [2.75, 3.05) is 0 Å². The van der Waals surface area contributed by atoms with E-state index in [1.807, 2.05) is 35.6 Å². The zero-order valence-corrected chi connectivity index (χ0v) is 22.5. The van der Waals surface area contributed by atoms with Gasteiger partial charge in [-0.15, -0.1) is 11.3 Å². The van der Waals surface area contributed by atoms with Crippen LogP contribution in [0.2, 0.25) is 5.02 Å². The standard InChI is InChI=1S/C35H20ClF3S/c36-30-18-28(17-29(20-30)35(37,38)39)25-12-10-23-9-11-24(15-27(23)16-25)21-5-7-22(8-6-21)26-13-14-34-32(19-26)31-3-1-2-4-33(31)40-34/h1-20H. The Hall–Kier alpha value is -4.12. The third-order valence-electron chi connectivity index (χ3n) is 7.33. The van der Waals surface area contributed by atoms with Gasteiger partial charge in [-0.1, -0.05) is 84.4 Å². The minimum absolute atomic E-state index is 0.0603. The highest BCUT2D eigenvalue weighted by Gasteiger charge is 2.31. The molecule has 6 aromatic carbocycles. The molecule has 40 heavy (non-hydrogen) atoms. The summed E-state index contributed by atoms with van der Waals surface area (Å²) in [6.07, 6.45) is -4.46. The van der Waals surface area contributed by atoms with Crippen LogP contribution in [0.15, 0.2) is 121 Å². The van der Waals surface area contributed by atoms with E-state index >= 15 is 0 Å². The van der Waals surface area contributed by atoms with Gasteiger partial charge in [-0.05, 0) is 92.7 Å². The van der Waals surface area contributed by atoms with E-state index in [-0.39, 0.29) is 5.02 Å². The van der Waals surface area contributed by atoms with Crippen LogP contribution in [0.1, 0.15) is 5.56 Å². The minimum atomic E-state index is -4.46. The Labute approximate surface area is 237 Å². The van der Waals surface area contributed by atoms with Crippen molar-refractivity contribution in [3.05, 3.63) is 132 Å². The molecule has 0 spiro atoms. The van der Waals surface area contributed by atoms with Crippen LogP contribution in [-0.4, -0.2) is 0 Å². The predicted octanol–water partition coefficient (Wildman–Crippen LogP) is 11.9. The second kappa shape index (κ2) is 9.51. The maximum absolute atomic E-state index is 13.4. The normalized spacial score (nSPS) is 12.0. The molecule has 194 valence electrons. The van der Waals surface area contributed by atoms with E-state index in [2.05, 4.69) is 78.9 Å². The van der Waals surface area contributed by atoms with Gasteiger partial charge in [0.05, 0.1) is 5.56 Å². The predicted molar refractivity (Wildman–Crippen MR) is 163 cm³/mol. The largest absolute Gasteiger partial charge is 0.416 e. The highest BCUT2D eigenvalue weighted by Crippen LogP contribution is 2.38. The molecule has 0 saturated carbocycles. The minimum Gasteiger partial charge on any atom is -0.166 e. The zero-order valence-electron chi connectivity index (χ0n) is 21.0. The van der Waals surface area contributed by atoms with Gasteiger partial charge in [-0.25, -0.2) is 0 Å². The summed E-state index contributed by atoms with van der Waals surface area (Å²) in [6.45, 7) is 0. The molecule has 7 rings (SSSR count). The van der Waals surface area contributed by atoms with Gasteiger partial charge < -0.3 is 0 Å². The van der Waals surface area contributed by atoms with E-state index in [4.69, 9.17) is 11.6 Å². The van der Waals surface area contributed by atoms with Crippen molar-refractivity contribution < 1.29 is 13.2 Å². The van der Waals surface area contributed by atoms with Crippen LogP contribution in [-0.2, 0) is 6.18 Å². The van der Waals surface area contributed by atoms with Crippen LogP contribution in [0.4, 0.5) is 13.2 Å². The SMILES string of the molecule is FC(F)(F)c1cc(Cl)cc(-c2ccc3ccc(-c4ccc(-c5ccc6sc7ccccc7c6c5)cc4)cc3c2)c1. The summed E-state index contributed by atoms with van der Waals surface area (Å²) < 4.78 is 42.6. The molecule has 0 nitrogen and oxygen atoms in total. The first kappa shape index (κ1) is 24.9. The molecule has 5 heteroatoms.